The third-order valence-electron chi connectivity index (χ3n) is 1.30. The molecular weight excluding hydrogens is 188 g/mol. The lowest BCUT2D eigenvalue weighted by atomic mass is 10.4. The fraction of sp³-hybridized carbons (Fsp3) is 0.250. The monoisotopic (exact) mass is 199 g/mol. The van der Waals surface area contributed by atoms with Gasteiger partial charge in [-0.15, -0.1) is 4.83 Å². The summed E-state index contributed by atoms with van der Waals surface area (Å²) in [7, 11) is -0.168. The first kappa shape index (κ1) is 10.2. The van der Waals surface area contributed by atoms with Crippen molar-refractivity contribution < 1.29 is 8.42 Å². The second-order valence-corrected chi connectivity index (χ2v) is 4.39. The van der Waals surface area contributed by atoms with Gasteiger partial charge in [-0.25, -0.2) is 13.4 Å². The highest BCUT2D eigenvalue weighted by Gasteiger charge is 2.12. The molecule has 0 unspecified atom stereocenters. The third kappa shape index (κ3) is 2.80. The van der Waals surface area contributed by atoms with E-state index in [4.69, 9.17) is 0 Å². The molecule has 13 heavy (non-hydrogen) atoms. The van der Waals surface area contributed by atoms with Gasteiger partial charge in [0.25, 0.3) is 10.0 Å². The van der Waals surface area contributed by atoms with E-state index in [1.54, 1.807) is 26.2 Å². The smallest absolute Gasteiger partial charge is 0.237 e. The number of sulfonamides is 1. The summed E-state index contributed by atoms with van der Waals surface area (Å²) in [6, 6.07) is 8.86. The second kappa shape index (κ2) is 3.87. The number of benzene rings is 1. The maximum Gasteiger partial charge on any atom is 0.253 e. The van der Waals surface area contributed by atoms with Crippen LogP contribution in [0.3, 0.4) is 0 Å². The van der Waals surface area contributed by atoms with E-state index >= 15 is 0 Å². The Morgan fingerprint density at radius 1 is 1.31 bits per heavy atom. The number of hydrazine groups is 1. The molecule has 0 fully saturated rings. The minimum Gasteiger partial charge on any atom is -0.237 e. The molecule has 0 aliphatic rings. The van der Waals surface area contributed by atoms with Crippen LogP contribution in [0.4, 0.5) is 0 Å². The molecule has 0 heterocycles. The van der Waals surface area contributed by atoms with Gasteiger partial charge in [-0.1, -0.05) is 12.1 Å². The molecule has 0 aromatic heterocycles. The van der Waals surface area contributed by atoms with Crippen LogP contribution < -0.4 is 4.83 Å². The van der Waals surface area contributed by atoms with Crippen LogP contribution in [0.5, 0.6) is 0 Å². The van der Waals surface area contributed by atoms with Gasteiger partial charge in [0.15, 0.2) is 0 Å². The Labute approximate surface area is 78.2 Å². The van der Waals surface area contributed by atoms with Gasteiger partial charge >= 0.3 is 0 Å². The van der Waals surface area contributed by atoms with Crippen molar-refractivity contribution in [3.05, 3.63) is 30.3 Å². The summed E-state index contributed by atoms with van der Waals surface area (Å²) < 4.78 is 23.0. The van der Waals surface area contributed by atoms with Gasteiger partial charge < -0.3 is 0 Å². The van der Waals surface area contributed by atoms with Crippen LogP contribution in [0.25, 0.3) is 0 Å². The van der Waals surface area contributed by atoms with E-state index in [0.717, 1.165) is 0 Å². The summed E-state index contributed by atoms with van der Waals surface area (Å²) in [5, 5.41) is 1.38. The van der Waals surface area contributed by atoms with Gasteiger partial charge in [-0.3, -0.25) is 0 Å². The molecule has 0 spiro atoms. The number of nitrogens with zero attached hydrogens (tertiary/aromatic N) is 1. The van der Waals surface area contributed by atoms with E-state index in [1.807, 2.05) is 0 Å². The summed E-state index contributed by atoms with van der Waals surface area (Å²) in [6.45, 7) is 0. The Hall–Kier alpha value is -0.910. The van der Waals surface area contributed by atoms with Gasteiger partial charge in [0, 0.05) is 14.1 Å². The van der Waals surface area contributed by atoms with Crippen LogP contribution >= 0.6 is 0 Å². The average molecular weight is 199 g/mol. The predicted octanol–water partition coefficient (Wildman–Crippen LogP) is 0.242. The molecule has 0 aliphatic carbocycles. The highest BCUT2D eigenvalue weighted by molar-refractivity contribution is 7.89. The second-order valence-electron chi connectivity index (χ2n) is 2.72. The molecule has 0 atom stereocenters. The molecule has 71 valence electrons. The molecule has 1 aromatic rings. The Morgan fingerprint density at radius 3 is 2.31 bits per heavy atom. The lowest BCUT2D eigenvalue weighted by Crippen LogP contribution is -2.36. The standard InChI is InChI=1S/C8H11N2O2S/c1-10(2)9-13(11,12)8-6-4-3-5-7-8/h4-7,9H,1-2H3. The van der Waals surface area contributed by atoms with Crippen LogP contribution in [0.1, 0.15) is 0 Å². The van der Waals surface area contributed by atoms with Crippen LogP contribution in [0, 0.1) is 6.07 Å². The summed E-state index contributed by atoms with van der Waals surface area (Å²) in [5.41, 5.74) is 0. The Balaban J connectivity index is 2.96. The fourth-order valence-electron chi connectivity index (χ4n) is 0.844. The minimum absolute atomic E-state index is 0.236. The molecule has 0 aliphatic heterocycles. The van der Waals surface area contributed by atoms with Gasteiger partial charge in [0.1, 0.15) is 0 Å². The molecular formula is C8H11N2O2S. The molecule has 1 rings (SSSR count). The highest BCUT2D eigenvalue weighted by atomic mass is 32.2. The Morgan fingerprint density at radius 2 is 1.85 bits per heavy atom. The van der Waals surface area contributed by atoms with Gasteiger partial charge in [-0.2, -0.15) is 0 Å². The normalized spacial score (nSPS) is 11.9. The molecule has 0 saturated heterocycles. The van der Waals surface area contributed by atoms with Gasteiger partial charge in [-0.05, 0) is 18.2 Å². The van der Waals surface area contributed by atoms with Crippen molar-refractivity contribution in [1.29, 1.82) is 0 Å². The largest absolute Gasteiger partial charge is 0.253 e. The van der Waals surface area contributed by atoms with Crippen molar-refractivity contribution >= 4 is 10.0 Å². The average Bonchev–Trinajstić information content (AvgIpc) is 2.04. The third-order valence-corrected chi connectivity index (χ3v) is 2.80. The SMILES string of the molecule is CN(C)NS(=O)(=O)c1cc[c]cc1. The van der Waals surface area contributed by atoms with E-state index in [9.17, 15) is 8.42 Å². The van der Waals surface area contributed by atoms with E-state index < -0.39 is 10.0 Å². The lowest BCUT2D eigenvalue weighted by Gasteiger charge is -2.11. The number of rotatable bonds is 3. The van der Waals surface area contributed by atoms with Crippen molar-refractivity contribution in [2.45, 2.75) is 4.90 Å². The molecule has 0 amide bonds. The van der Waals surface area contributed by atoms with Crippen molar-refractivity contribution in [1.82, 2.24) is 9.84 Å². The maximum atomic E-state index is 11.5. The highest BCUT2D eigenvalue weighted by Crippen LogP contribution is 2.06. The molecule has 1 aromatic carbocycles. The first-order valence-electron chi connectivity index (χ1n) is 3.68. The topological polar surface area (TPSA) is 49.4 Å². The number of nitrogens with one attached hydrogen (secondary N) is 1. The van der Waals surface area contributed by atoms with Gasteiger partial charge in [0.2, 0.25) is 0 Å². The first-order chi connectivity index (χ1) is 6.02. The summed E-state index contributed by atoms with van der Waals surface area (Å²) in [6.07, 6.45) is 0. The van der Waals surface area contributed by atoms with Crippen molar-refractivity contribution in [3.63, 3.8) is 0 Å². The molecule has 0 bridgehead atoms. The maximum absolute atomic E-state index is 11.5. The van der Waals surface area contributed by atoms with Gasteiger partial charge in [0.05, 0.1) is 4.90 Å². The summed E-state index contributed by atoms with van der Waals surface area (Å²) in [5.74, 6) is 0. The predicted molar refractivity (Wildman–Crippen MR) is 49.3 cm³/mol. The zero-order valence-corrected chi connectivity index (χ0v) is 8.30. The molecule has 1 N–H and O–H groups in total. The van der Waals surface area contributed by atoms with Crippen LogP contribution in [-0.4, -0.2) is 27.5 Å². The van der Waals surface area contributed by atoms with Crippen molar-refractivity contribution in [3.8, 4) is 0 Å². The Bertz CT molecular complexity index is 359. The summed E-state index contributed by atoms with van der Waals surface area (Å²) in [4.78, 5) is 2.56. The van der Waals surface area contributed by atoms with E-state index in [1.165, 1.54) is 17.1 Å². The molecule has 5 heteroatoms. The number of hydrogen-bond acceptors (Lipinski definition) is 3. The van der Waals surface area contributed by atoms with Crippen LogP contribution in [-0.2, 0) is 10.0 Å². The molecule has 4 nitrogen and oxygen atoms in total. The van der Waals surface area contributed by atoms with E-state index in [-0.39, 0.29) is 4.90 Å². The van der Waals surface area contributed by atoms with Crippen molar-refractivity contribution in [2.75, 3.05) is 14.1 Å². The Kier molecular flexibility index (Phi) is 3.02. The van der Waals surface area contributed by atoms with Crippen LogP contribution in [0.2, 0.25) is 0 Å². The molecule has 1 radical (unpaired) electrons. The van der Waals surface area contributed by atoms with Crippen molar-refractivity contribution in [2.24, 2.45) is 0 Å². The lowest BCUT2D eigenvalue weighted by molar-refractivity contribution is 0.364. The zero-order chi connectivity index (χ0) is 9.90. The summed E-state index contributed by atoms with van der Waals surface area (Å²) >= 11 is 0. The van der Waals surface area contributed by atoms with E-state index in [2.05, 4.69) is 10.9 Å². The zero-order valence-electron chi connectivity index (χ0n) is 7.48. The van der Waals surface area contributed by atoms with E-state index in [0.29, 0.717) is 0 Å². The first-order valence-corrected chi connectivity index (χ1v) is 5.16. The molecule has 0 saturated carbocycles. The number of hydrogen-bond donors (Lipinski definition) is 1. The van der Waals surface area contributed by atoms with Crippen LogP contribution in [0.15, 0.2) is 29.2 Å². The minimum atomic E-state index is -3.40. The fourth-order valence-corrected chi connectivity index (χ4v) is 1.92. The quantitative estimate of drug-likeness (QED) is 0.709.